The Kier molecular flexibility index (Phi) is 7.21. The molecule has 0 aromatic heterocycles. The van der Waals surface area contributed by atoms with Crippen LogP contribution in [0, 0.1) is 12.3 Å². The molecule has 0 atom stereocenters. The van der Waals surface area contributed by atoms with E-state index >= 15 is 0 Å². The van der Waals surface area contributed by atoms with E-state index in [-0.39, 0.29) is 17.3 Å². The molecule has 28 heavy (non-hydrogen) atoms. The lowest BCUT2D eigenvalue weighted by molar-refractivity contribution is -0.114. The number of likely N-dealkylation sites (N-methyl/N-ethyl adjacent to an activating group) is 1. The number of rotatable bonds is 8. The SMILES string of the molecule is C#Cc1cccc(N(C)CC(=O)Nc2ccc(S(=O)(=O)N(CC)CC)cc2)c1. The van der Waals surface area contributed by atoms with Crippen LogP contribution in [0.1, 0.15) is 19.4 Å². The summed E-state index contributed by atoms with van der Waals surface area (Å²) in [5.74, 6) is 2.35. The third-order valence-corrected chi connectivity index (χ3v) is 6.38. The van der Waals surface area contributed by atoms with Crippen LogP contribution in [0.5, 0.6) is 0 Å². The topological polar surface area (TPSA) is 69.7 Å². The van der Waals surface area contributed by atoms with Gasteiger partial charge in [0.05, 0.1) is 11.4 Å². The molecule has 0 bridgehead atoms. The molecule has 1 amide bonds. The Labute approximate surface area is 167 Å². The smallest absolute Gasteiger partial charge is 0.243 e. The first kappa shape index (κ1) is 21.5. The molecule has 2 rings (SSSR count). The van der Waals surface area contributed by atoms with Gasteiger partial charge in [0.25, 0.3) is 0 Å². The van der Waals surface area contributed by atoms with Crippen LogP contribution in [0.4, 0.5) is 11.4 Å². The van der Waals surface area contributed by atoms with E-state index < -0.39 is 10.0 Å². The van der Waals surface area contributed by atoms with Gasteiger partial charge >= 0.3 is 0 Å². The van der Waals surface area contributed by atoms with Crippen molar-refractivity contribution < 1.29 is 13.2 Å². The number of carbonyl (C=O) groups excluding carboxylic acids is 1. The van der Waals surface area contributed by atoms with Gasteiger partial charge in [-0.1, -0.05) is 25.8 Å². The van der Waals surface area contributed by atoms with Crippen LogP contribution in [0.15, 0.2) is 53.4 Å². The summed E-state index contributed by atoms with van der Waals surface area (Å²) in [7, 11) is -1.71. The highest BCUT2D eigenvalue weighted by atomic mass is 32.2. The van der Waals surface area contributed by atoms with E-state index in [1.54, 1.807) is 37.9 Å². The van der Waals surface area contributed by atoms with Crippen molar-refractivity contribution in [3.63, 3.8) is 0 Å². The van der Waals surface area contributed by atoms with E-state index in [1.807, 2.05) is 24.3 Å². The van der Waals surface area contributed by atoms with Gasteiger partial charge in [-0.25, -0.2) is 8.42 Å². The monoisotopic (exact) mass is 399 g/mol. The summed E-state index contributed by atoms with van der Waals surface area (Å²) in [5.41, 5.74) is 2.12. The Morgan fingerprint density at radius 2 is 1.75 bits per heavy atom. The van der Waals surface area contributed by atoms with E-state index in [0.717, 1.165) is 11.3 Å². The van der Waals surface area contributed by atoms with Crippen molar-refractivity contribution in [2.75, 3.05) is 36.9 Å². The van der Waals surface area contributed by atoms with Crippen molar-refractivity contribution in [1.82, 2.24) is 4.31 Å². The molecule has 2 aromatic rings. The summed E-state index contributed by atoms with van der Waals surface area (Å²) < 4.78 is 26.4. The highest BCUT2D eigenvalue weighted by molar-refractivity contribution is 7.89. The van der Waals surface area contributed by atoms with Gasteiger partial charge < -0.3 is 10.2 Å². The van der Waals surface area contributed by atoms with Gasteiger partial charge in [-0.05, 0) is 42.5 Å². The highest BCUT2D eigenvalue weighted by Gasteiger charge is 2.21. The second kappa shape index (κ2) is 9.40. The van der Waals surface area contributed by atoms with Crippen molar-refractivity contribution in [3.05, 3.63) is 54.1 Å². The summed E-state index contributed by atoms with van der Waals surface area (Å²) in [6.07, 6.45) is 5.41. The third kappa shape index (κ3) is 5.12. The number of terminal acetylenes is 1. The van der Waals surface area contributed by atoms with Gasteiger partial charge in [-0.15, -0.1) is 6.42 Å². The van der Waals surface area contributed by atoms with E-state index in [9.17, 15) is 13.2 Å². The predicted octanol–water partition coefficient (Wildman–Crippen LogP) is 2.77. The number of nitrogens with zero attached hydrogens (tertiary/aromatic N) is 2. The van der Waals surface area contributed by atoms with Gasteiger partial charge in [0, 0.05) is 37.1 Å². The molecule has 0 saturated carbocycles. The minimum atomic E-state index is -3.51. The fourth-order valence-electron chi connectivity index (χ4n) is 2.76. The number of hydrogen-bond acceptors (Lipinski definition) is 4. The molecule has 1 N–H and O–H groups in total. The first-order chi connectivity index (χ1) is 13.3. The maximum absolute atomic E-state index is 12.5. The van der Waals surface area contributed by atoms with Crippen molar-refractivity contribution in [1.29, 1.82) is 0 Å². The number of hydrogen-bond donors (Lipinski definition) is 1. The predicted molar refractivity (Wildman–Crippen MR) is 113 cm³/mol. The Hall–Kier alpha value is -2.82. The van der Waals surface area contributed by atoms with Gasteiger partial charge in [0.1, 0.15) is 0 Å². The van der Waals surface area contributed by atoms with Crippen LogP contribution < -0.4 is 10.2 Å². The summed E-state index contributed by atoms with van der Waals surface area (Å²) >= 11 is 0. The fourth-order valence-corrected chi connectivity index (χ4v) is 4.22. The fraction of sp³-hybridized carbons (Fsp3) is 0.286. The van der Waals surface area contributed by atoms with E-state index in [2.05, 4.69) is 11.2 Å². The van der Waals surface area contributed by atoms with Crippen molar-refractivity contribution >= 4 is 27.3 Å². The zero-order valence-electron chi connectivity index (χ0n) is 16.3. The molecule has 7 heteroatoms. The number of nitrogens with one attached hydrogen (secondary N) is 1. The van der Waals surface area contributed by atoms with Gasteiger partial charge in [-0.3, -0.25) is 4.79 Å². The first-order valence-electron chi connectivity index (χ1n) is 8.99. The zero-order valence-corrected chi connectivity index (χ0v) is 17.2. The summed E-state index contributed by atoms with van der Waals surface area (Å²) in [6, 6.07) is 13.6. The third-order valence-electron chi connectivity index (χ3n) is 4.32. The quantitative estimate of drug-likeness (QED) is 0.693. The maximum atomic E-state index is 12.5. The first-order valence-corrected chi connectivity index (χ1v) is 10.4. The average Bonchev–Trinajstić information content (AvgIpc) is 2.69. The molecule has 6 nitrogen and oxygen atoms in total. The molecule has 0 heterocycles. The Morgan fingerprint density at radius 1 is 1.11 bits per heavy atom. The molecular formula is C21H25N3O3S. The minimum absolute atomic E-state index is 0.132. The molecule has 0 unspecified atom stereocenters. The van der Waals surface area contributed by atoms with Crippen molar-refractivity contribution in [2.45, 2.75) is 18.7 Å². The van der Waals surface area contributed by atoms with E-state index in [1.165, 1.54) is 16.4 Å². The van der Waals surface area contributed by atoms with Crippen LogP contribution in [0.25, 0.3) is 0 Å². The number of carbonyl (C=O) groups is 1. The second-order valence-electron chi connectivity index (χ2n) is 6.21. The number of sulfonamides is 1. The molecule has 2 aromatic carbocycles. The summed E-state index contributed by atoms with van der Waals surface area (Å²) in [4.78, 5) is 14.3. The van der Waals surface area contributed by atoms with Crippen LogP contribution in [0.2, 0.25) is 0 Å². The van der Waals surface area contributed by atoms with E-state index in [0.29, 0.717) is 18.8 Å². The lowest BCUT2D eigenvalue weighted by Crippen LogP contribution is -2.31. The van der Waals surface area contributed by atoms with Crippen LogP contribution in [-0.2, 0) is 14.8 Å². The molecule has 0 saturated heterocycles. The molecule has 148 valence electrons. The largest absolute Gasteiger partial charge is 0.365 e. The Bertz CT molecular complexity index is 959. The molecule has 0 spiro atoms. The molecule has 0 aliphatic heterocycles. The van der Waals surface area contributed by atoms with E-state index in [4.69, 9.17) is 6.42 Å². The number of amides is 1. The van der Waals surface area contributed by atoms with Crippen LogP contribution in [-0.4, -0.2) is 45.3 Å². The minimum Gasteiger partial charge on any atom is -0.365 e. The van der Waals surface area contributed by atoms with Gasteiger partial charge in [-0.2, -0.15) is 4.31 Å². The molecule has 0 aliphatic carbocycles. The summed E-state index contributed by atoms with van der Waals surface area (Å²) in [5, 5.41) is 2.78. The van der Waals surface area contributed by atoms with Crippen molar-refractivity contribution in [3.8, 4) is 12.3 Å². The van der Waals surface area contributed by atoms with Crippen LogP contribution >= 0.6 is 0 Å². The van der Waals surface area contributed by atoms with Gasteiger partial charge in [0.15, 0.2) is 0 Å². The Balaban J connectivity index is 2.03. The molecule has 0 radical (unpaired) electrons. The van der Waals surface area contributed by atoms with Crippen LogP contribution in [0.3, 0.4) is 0 Å². The highest BCUT2D eigenvalue weighted by Crippen LogP contribution is 2.19. The molecule has 0 aliphatic rings. The lowest BCUT2D eigenvalue weighted by atomic mass is 10.2. The van der Waals surface area contributed by atoms with Crippen molar-refractivity contribution in [2.24, 2.45) is 0 Å². The molecular weight excluding hydrogens is 374 g/mol. The second-order valence-corrected chi connectivity index (χ2v) is 8.15. The standard InChI is InChI=1S/C21H25N3O3S/c1-5-17-9-8-10-19(15-17)23(4)16-21(25)22-18-11-13-20(14-12-18)28(26,27)24(6-2)7-3/h1,8-15H,6-7,16H2,2-4H3,(H,22,25). The zero-order chi connectivity index (χ0) is 20.7. The average molecular weight is 400 g/mol. The Morgan fingerprint density at radius 3 is 2.32 bits per heavy atom. The summed E-state index contributed by atoms with van der Waals surface area (Å²) in [6.45, 7) is 4.54. The number of benzene rings is 2. The number of anilines is 2. The normalized spacial score (nSPS) is 11.1. The molecule has 0 fully saturated rings. The maximum Gasteiger partial charge on any atom is 0.243 e. The lowest BCUT2D eigenvalue weighted by Gasteiger charge is -2.20. The van der Waals surface area contributed by atoms with Gasteiger partial charge in [0.2, 0.25) is 15.9 Å².